The number of hydrogen-bond acceptors (Lipinski definition) is 6. The Morgan fingerprint density at radius 3 is 2.45 bits per heavy atom. The van der Waals surface area contributed by atoms with Crippen molar-refractivity contribution in [3.8, 4) is 0 Å². The number of alkyl halides is 3. The summed E-state index contributed by atoms with van der Waals surface area (Å²) in [5, 5.41) is 13.5. The van der Waals surface area contributed by atoms with Gasteiger partial charge >= 0.3 is 12.1 Å². The molecule has 0 radical (unpaired) electrons. The van der Waals surface area contributed by atoms with Gasteiger partial charge in [0.2, 0.25) is 0 Å². The van der Waals surface area contributed by atoms with Gasteiger partial charge in [0, 0.05) is 25.2 Å². The standard InChI is InChI=1S/C20H20F3N3O5/c1-13(31-19(28)14-4-6-26(29)7-5-14)18(27)24-16-12-15(20(21,22)23)2-3-17(16)25-8-10-30-11-9-25/h2-7,12-13H,8-11H2,1H3,(H,24,27). The molecule has 1 aliphatic rings. The molecule has 0 spiro atoms. The summed E-state index contributed by atoms with van der Waals surface area (Å²) >= 11 is 0. The molecule has 1 fully saturated rings. The van der Waals surface area contributed by atoms with E-state index in [0.29, 0.717) is 36.7 Å². The van der Waals surface area contributed by atoms with Crippen LogP contribution < -0.4 is 14.9 Å². The summed E-state index contributed by atoms with van der Waals surface area (Å²) in [5.41, 5.74) is -0.498. The van der Waals surface area contributed by atoms with Gasteiger partial charge in [-0.25, -0.2) is 4.79 Å². The normalized spacial score (nSPS) is 15.3. The SMILES string of the molecule is CC(OC(=O)c1cc[n+]([O-])cc1)C(=O)Nc1cc(C(F)(F)F)ccc1N1CCOCC1. The minimum absolute atomic E-state index is 0.0447. The lowest BCUT2D eigenvalue weighted by Crippen LogP contribution is -2.37. The average molecular weight is 439 g/mol. The van der Waals surface area contributed by atoms with Crippen LogP contribution in [0.1, 0.15) is 22.8 Å². The second kappa shape index (κ2) is 9.21. The number of rotatable bonds is 5. The Morgan fingerprint density at radius 1 is 1.19 bits per heavy atom. The first-order valence-electron chi connectivity index (χ1n) is 9.40. The van der Waals surface area contributed by atoms with Crippen molar-refractivity contribution in [2.45, 2.75) is 19.2 Å². The highest BCUT2D eigenvalue weighted by Gasteiger charge is 2.32. The third kappa shape index (κ3) is 5.63. The average Bonchev–Trinajstić information content (AvgIpc) is 2.74. The van der Waals surface area contributed by atoms with Gasteiger partial charge in [-0.3, -0.25) is 4.79 Å². The number of halogens is 3. The van der Waals surface area contributed by atoms with E-state index in [1.807, 2.05) is 0 Å². The van der Waals surface area contributed by atoms with Crippen molar-refractivity contribution >= 4 is 23.3 Å². The molecule has 2 heterocycles. The number of esters is 1. The van der Waals surface area contributed by atoms with Crippen LogP contribution in [0, 0.1) is 5.21 Å². The smallest absolute Gasteiger partial charge is 0.416 e. The number of anilines is 2. The summed E-state index contributed by atoms with van der Waals surface area (Å²) in [6.45, 7) is 3.01. The van der Waals surface area contributed by atoms with Crippen LogP contribution >= 0.6 is 0 Å². The van der Waals surface area contributed by atoms with Gasteiger partial charge in [0.25, 0.3) is 5.91 Å². The number of nitrogens with one attached hydrogen (secondary N) is 1. The summed E-state index contributed by atoms with van der Waals surface area (Å²) in [6, 6.07) is 5.54. The number of pyridine rings is 1. The number of ether oxygens (including phenoxy) is 2. The van der Waals surface area contributed by atoms with Crippen molar-refractivity contribution in [3.63, 3.8) is 0 Å². The molecule has 1 atom stereocenters. The Balaban J connectivity index is 1.77. The predicted octanol–water partition coefficient (Wildman–Crippen LogP) is 2.36. The highest BCUT2D eigenvalue weighted by Crippen LogP contribution is 2.35. The van der Waals surface area contributed by atoms with E-state index in [0.717, 1.165) is 24.5 Å². The molecule has 0 saturated carbocycles. The van der Waals surface area contributed by atoms with E-state index in [-0.39, 0.29) is 11.3 Å². The number of benzene rings is 1. The van der Waals surface area contributed by atoms with Gasteiger partial charge in [0.05, 0.1) is 35.7 Å². The number of amides is 1. The van der Waals surface area contributed by atoms with E-state index >= 15 is 0 Å². The second-order valence-electron chi connectivity index (χ2n) is 6.81. The number of nitrogens with zero attached hydrogens (tertiary/aromatic N) is 2. The summed E-state index contributed by atoms with van der Waals surface area (Å²) in [5.74, 6) is -1.64. The number of aromatic nitrogens is 1. The second-order valence-corrected chi connectivity index (χ2v) is 6.81. The monoisotopic (exact) mass is 439 g/mol. The zero-order chi connectivity index (χ0) is 22.6. The van der Waals surface area contributed by atoms with Crippen molar-refractivity contribution < 1.29 is 37.0 Å². The first-order valence-corrected chi connectivity index (χ1v) is 9.40. The van der Waals surface area contributed by atoms with Crippen LogP contribution in [0.15, 0.2) is 42.7 Å². The highest BCUT2D eigenvalue weighted by atomic mass is 19.4. The first kappa shape index (κ1) is 22.3. The molecule has 1 aliphatic heterocycles. The van der Waals surface area contributed by atoms with Gasteiger partial charge in [0.1, 0.15) is 0 Å². The largest absolute Gasteiger partial charge is 0.619 e. The lowest BCUT2D eigenvalue weighted by molar-refractivity contribution is -0.605. The number of hydrogen-bond donors (Lipinski definition) is 1. The van der Waals surface area contributed by atoms with Gasteiger partial charge < -0.3 is 24.9 Å². The molecule has 1 N–H and O–H groups in total. The van der Waals surface area contributed by atoms with Gasteiger partial charge in [-0.05, 0) is 25.1 Å². The fraction of sp³-hybridized carbons (Fsp3) is 0.350. The van der Waals surface area contributed by atoms with Gasteiger partial charge in [0.15, 0.2) is 18.5 Å². The highest BCUT2D eigenvalue weighted by molar-refractivity contribution is 5.99. The fourth-order valence-corrected chi connectivity index (χ4v) is 2.96. The maximum Gasteiger partial charge on any atom is 0.416 e. The number of carbonyl (C=O) groups excluding carboxylic acids is 2. The molecule has 3 rings (SSSR count). The van der Waals surface area contributed by atoms with E-state index in [9.17, 15) is 28.0 Å². The molecule has 1 aromatic carbocycles. The molecule has 166 valence electrons. The summed E-state index contributed by atoms with van der Waals surface area (Å²) in [4.78, 5) is 26.5. The Kier molecular flexibility index (Phi) is 6.64. The number of morpholine rings is 1. The van der Waals surface area contributed by atoms with E-state index in [1.54, 1.807) is 4.90 Å². The van der Waals surface area contributed by atoms with Crippen LogP contribution in [-0.4, -0.2) is 44.3 Å². The van der Waals surface area contributed by atoms with Crippen molar-refractivity contribution in [2.75, 3.05) is 36.5 Å². The molecule has 31 heavy (non-hydrogen) atoms. The molecule has 1 saturated heterocycles. The molecule has 2 aromatic rings. The van der Waals surface area contributed by atoms with Crippen LogP contribution in [0.5, 0.6) is 0 Å². The van der Waals surface area contributed by atoms with Crippen LogP contribution in [0.3, 0.4) is 0 Å². The van der Waals surface area contributed by atoms with Gasteiger partial charge in [-0.15, -0.1) is 0 Å². The van der Waals surface area contributed by atoms with E-state index in [4.69, 9.17) is 9.47 Å². The van der Waals surface area contributed by atoms with Crippen molar-refractivity contribution in [3.05, 3.63) is 59.1 Å². The zero-order valence-corrected chi connectivity index (χ0v) is 16.5. The lowest BCUT2D eigenvalue weighted by atomic mass is 10.1. The lowest BCUT2D eigenvalue weighted by Gasteiger charge is -2.31. The predicted molar refractivity (Wildman–Crippen MR) is 103 cm³/mol. The topological polar surface area (TPSA) is 94.8 Å². The van der Waals surface area contributed by atoms with Crippen molar-refractivity contribution in [1.29, 1.82) is 0 Å². The summed E-state index contributed by atoms with van der Waals surface area (Å²) in [7, 11) is 0. The number of carbonyl (C=O) groups is 2. The van der Waals surface area contributed by atoms with Crippen molar-refractivity contribution in [2.24, 2.45) is 0 Å². The van der Waals surface area contributed by atoms with Gasteiger partial charge in [-0.1, -0.05) is 0 Å². The van der Waals surface area contributed by atoms with E-state index in [1.165, 1.54) is 25.1 Å². The summed E-state index contributed by atoms with van der Waals surface area (Å²) in [6.07, 6.45) is -3.69. The Labute approximate surface area is 175 Å². The maximum absolute atomic E-state index is 13.2. The van der Waals surface area contributed by atoms with Crippen LogP contribution in [0.4, 0.5) is 24.5 Å². The molecule has 1 unspecified atom stereocenters. The van der Waals surface area contributed by atoms with E-state index in [2.05, 4.69) is 5.32 Å². The molecule has 0 aliphatic carbocycles. The summed E-state index contributed by atoms with van der Waals surface area (Å²) < 4.78 is 50.4. The molecule has 0 bridgehead atoms. The van der Waals surface area contributed by atoms with Crippen LogP contribution in [0.25, 0.3) is 0 Å². The Morgan fingerprint density at radius 2 is 1.84 bits per heavy atom. The molecule has 11 heteroatoms. The van der Waals surface area contributed by atoms with Gasteiger partial charge in [-0.2, -0.15) is 17.9 Å². The fourth-order valence-electron chi connectivity index (χ4n) is 2.96. The molecular formula is C20H20F3N3O5. The first-order chi connectivity index (χ1) is 14.6. The minimum Gasteiger partial charge on any atom is -0.619 e. The van der Waals surface area contributed by atoms with Crippen LogP contribution in [-0.2, 0) is 20.4 Å². The third-order valence-electron chi connectivity index (χ3n) is 4.62. The third-order valence-corrected chi connectivity index (χ3v) is 4.62. The zero-order valence-electron chi connectivity index (χ0n) is 16.5. The Hall–Kier alpha value is -3.34. The molecule has 1 amide bonds. The Bertz CT molecular complexity index is 944. The quantitative estimate of drug-likeness (QED) is 0.437. The van der Waals surface area contributed by atoms with Crippen molar-refractivity contribution in [1.82, 2.24) is 0 Å². The maximum atomic E-state index is 13.2. The molecule has 8 nitrogen and oxygen atoms in total. The van der Waals surface area contributed by atoms with E-state index < -0.39 is 29.7 Å². The minimum atomic E-state index is -4.59. The molecule has 1 aromatic heterocycles. The molecular weight excluding hydrogens is 419 g/mol. The van der Waals surface area contributed by atoms with Crippen LogP contribution in [0.2, 0.25) is 0 Å².